The molecule has 1 aromatic heterocycles. The summed E-state index contributed by atoms with van der Waals surface area (Å²) < 4.78 is 11.3. The average molecular weight is 447 g/mol. The number of ether oxygens (including phenoxy) is 1. The van der Waals surface area contributed by atoms with Crippen molar-refractivity contribution < 1.29 is 14.1 Å². The molecule has 2 aromatic carbocycles. The van der Waals surface area contributed by atoms with Gasteiger partial charge in [-0.2, -0.15) is 0 Å². The van der Waals surface area contributed by atoms with E-state index in [1.165, 1.54) is 11.3 Å². The van der Waals surface area contributed by atoms with E-state index in [9.17, 15) is 4.79 Å². The molecule has 1 saturated heterocycles. The van der Waals surface area contributed by atoms with Crippen LogP contribution in [0.25, 0.3) is 11.3 Å². The molecule has 1 amide bonds. The first-order chi connectivity index (χ1) is 16.1. The number of hydrogen-bond acceptors (Lipinski definition) is 6. The third kappa shape index (κ3) is 4.46. The SMILES string of the molecule is Cc1cccc(N2CCN(CCCNC(=O)c3noc4c3COc3ccccc3-4)CC2C)c1. The van der Waals surface area contributed by atoms with Crippen molar-refractivity contribution in [2.24, 2.45) is 0 Å². The van der Waals surface area contributed by atoms with Crippen LogP contribution in [0.15, 0.2) is 53.1 Å². The summed E-state index contributed by atoms with van der Waals surface area (Å²) in [6.07, 6.45) is 0.891. The fourth-order valence-electron chi connectivity index (χ4n) is 4.78. The molecular formula is C26H30N4O3. The highest BCUT2D eigenvalue weighted by molar-refractivity contribution is 5.95. The van der Waals surface area contributed by atoms with Crippen molar-refractivity contribution in [3.05, 3.63) is 65.4 Å². The summed E-state index contributed by atoms with van der Waals surface area (Å²) in [4.78, 5) is 17.7. The number of anilines is 1. The van der Waals surface area contributed by atoms with Gasteiger partial charge in [0.2, 0.25) is 0 Å². The number of para-hydroxylation sites is 1. The Balaban J connectivity index is 1.10. The van der Waals surface area contributed by atoms with Gasteiger partial charge in [0.25, 0.3) is 5.91 Å². The van der Waals surface area contributed by atoms with Gasteiger partial charge in [-0.25, -0.2) is 0 Å². The minimum Gasteiger partial charge on any atom is -0.488 e. The van der Waals surface area contributed by atoms with Gasteiger partial charge in [-0.1, -0.05) is 29.4 Å². The summed E-state index contributed by atoms with van der Waals surface area (Å²) >= 11 is 0. The molecule has 0 aliphatic carbocycles. The van der Waals surface area contributed by atoms with E-state index in [2.05, 4.69) is 58.4 Å². The molecule has 1 atom stereocenters. The summed E-state index contributed by atoms with van der Waals surface area (Å²) in [5, 5.41) is 7.03. The summed E-state index contributed by atoms with van der Waals surface area (Å²) in [5.74, 6) is 1.17. The molecule has 172 valence electrons. The number of hydrogen-bond donors (Lipinski definition) is 1. The number of fused-ring (bicyclic) bond motifs is 3. The van der Waals surface area contributed by atoms with E-state index in [0.717, 1.165) is 43.9 Å². The van der Waals surface area contributed by atoms with Gasteiger partial charge in [0.1, 0.15) is 12.4 Å². The van der Waals surface area contributed by atoms with E-state index >= 15 is 0 Å². The molecule has 33 heavy (non-hydrogen) atoms. The molecule has 0 spiro atoms. The molecule has 3 aromatic rings. The first kappa shape index (κ1) is 21.5. The second-order valence-electron chi connectivity index (χ2n) is 8.92. The molecule has 1 N–H and O–H groups in total. The zero-order valence-electron chi connectivity index (χ0n) is 19.2. The van der Waals surface area contributed by atoms with Gasteiger partial charge in [0, 0.05) is 37.9 Å². The van der Waals surface area contributed by atoms with E-state index in [-0.39, 0.29) is 5.91 Å². The molecule has 7 heteroatoms. The molecule has 2 aliphatic heterocycles. The molecule has 1 fully saturated rings. The Hall–Kier alpha value is -3.32. The normalized spacial score (nSPS) is 17.8. The van der Waals surface area contributed by atoms with Crippen molar-refractivity contribution in [3.63, 3.8) is 0 Å². The molecule has 0 bridgehead atoms. The number of aromatic nitrogens is 1. The Morgan fingerprint density at radius 2 is 2.06 bits per heavy atom. The minimum absolute atomic E-state index is 0.208. The topological polar surface area (TPSA) is 70.8 Å². The van der Waals surface area contributed by atoms with E-state index in [1.807, 2.05) is 24.3 Å². The zero-order valence-corrected chi connectivity index (χ0v) is 19.2. The maximum absolute atomic E-state index is 12.7. The molecule has 0 saturated carbocycles. The van der Waals surface area contributed by atoms with Crippen molar-refractivity contribution in [2.75, 3.05) is 37.6 Å². The summed E-state index contributed by atoms with van der Waals surface area (Å²) in [5.41, 5.74) is 4.47. The maximum Gasteiger partial charge on any atom is 0.273 e. The number of rotatable bonds is 6. The number of carbonyl (C=O) groups excluding carboxylic acids is 1. The Labute approximate surface area is 194 Å². The first-order valence-electron chi connectivity index (χ1n) is 11.6. The van der Waals surface area contributed by atoms with Gasteiger partial charge in [-0.05, 0) is 56.6 Å². The van der Waals surface area contributed by atoms with Crippen LogP contribution >= 0.6 is 0 Å². The van der Waals surface area contributed by atoms with Gasteiger partial charge >= 0.3 is 0 Å². The monoisotopic (exact) mass is 446 g/mol. The van der Waals surface area contributed by atoms with Gasteiger partial charge < -0.3 is 19.5 Å². The predicted molar refractivity (Wildman–Crippen MR) is 128 cm³/mol. The molecule has 1 unspecified atom stereocenters. The third-order valence-electron chi connectivity index (χ3n) is 6.49. The van der Waals surface area contributed by atoms with Gasteiger partial charge in [-0.3, -0.25) is 9.69 Å². The van der Waals surface area contributed by atoms with E-state index in [0.29, 0.717) is 36.2 Å². The zero-order chi connectivity index (χ0) is 22.8. The third-order valence-corrected chi connectivity index (χ3v) is 6.49. The van der Waals surface area contributed by atoms with Crippen molar-refractivity contribution in [1.29, 1.82) is 0 Å². The van der Waals surface area contributed by atoms with E-state index in [1.54, 1.807) is 0 Å². The first-order valence-corrected chi connectivity index (χ1v) is 11.6. The average Bonchev–Trinajstić information content (AvgIpc) is 3.27. The van der Waals surface area contributed by atoms with Crippen LogP contribution in [0.2, 0.25) is 0 Å². The molecular weight excluding hydrogens is 416 g/mol. The number of amides is 1. The van der Waals surface area contributed by atoms with Crippen molar-refractivity contribution in [3.8, 4) is 17.1 Å². The largest absolute Gasteiger partial charge is 0.488 e. The van der Waals surface area contributed by atoms with Crippen LogP contribution < -0.4 is 15.0 Å². The number of nitrogens with zero attached hydrogens (tertiary/aromatic N) is 3. The Bertz CT molecular complexity index is 1140. The summed E-state index contributed by atoms with van der Waals surface area (Å²) in [7, 11) is 0. The number of carbonyl (C=O) groups is 1. The van der Waals surface area contributed by atoms with Crippen LogP contribution in [0.4, 0.5) is 5.69 Å². The van der Waals surface area contributed by atoms with Crippen LogP contribution in [-0.4, -0.2) is 54.7 Å². The fourth-order valence-corrected chi connectivity index (χ4v) is 4.78. The smallest absolute Gasteiger partial charge is 0.273 e. The lowest BCUT2D eigenvalue weighted by Crippen LogP contribution is -2.52. The van der Waals surface area contributed by atoms with Crippen LogP contribution in [0.3, 0.4) is 0 Å². The number of piperazine rings is 1. The van der Waals surface area contributed by atoms with Crippen molar-refractivity contribution in [1.82, 2.24) is 15.4 Å². The van der Waals surface area contributed by atoms with Crippen LogP contribution in [-0.2, 0) is 6.61 Å². The molecule has 7 nitrogen and oxygen atoms in total. The predicted octanol–water partition coefficient (Wildman–Crippen LogP) is 3.87. The highest BCUT2D eigenvalue weighted by atomic mass is 16.5. The van der Waals surface area contributed by atoms with Gasteiger partial charge in [0.05, 0.1) is 11.1 Å². The minimum atomic E-state index is -0.208. The highest BCUT2D eigenvalue weighted by Gasteiger charge is 2.28. The number of aryl methyl sites for hydroxylation is 1. The fraction of sp³-hybridized carbons (Fsp3) is 0.385. The van der Waals surface area contributed by atoms with Crippen LogP contribution in [0.1, 0.15) is 35.0 Å². The number of benzene rings is 2. The summed E-state index contributed by atoms with van der Waals surface area (Å²) in [6, 6.07) is 16.8. The van der Waals surface area contributed by atoms with Crippen LogP contribution in [0.5, 0.6) is 5.75 Å². The maximum atomic E-state index is 12.7. The Morgan fingerprint density at radius 1 is 1.18 bits per heavy atom. The second kappa shape index (κ2) is 9.27. The van der Waals surface area contributed by atoms with Gasteiger partial charge in [-0.15, -0.1) is 0 Å². The molecule has 3 heterocycles. The summed E-state index contributed by atoms with van der Waals surface area (Å²) in [6.45, 7) is 9.34. The van der Waals surface area contributed by atoms with Gasteiger partial charge in [0.15, 0.2) is 11.5 Å². The molecule has 0 radical (unpaired) electrons. The standard InChI is InChI=1S/C26H30N4O3/c1-18-7-5-8-20(15-18)30-14-13-29(16-19(30)2)12-6-11-27-26(31)24-22-17-32-23-10-4-3-9-21(23)25(22)33-28-24/h3-5,7-10,15,19H,6,11-14,16-17H2,1-2H3,(H,27,31). The lowest BCUT2D eigenvalue weighted by molar-refractivity contribution is 0.0940. The molecule has 5 rings (SSSR count). The van der Waals surface area contributed by atoms with E-state index < -0.39 is 0 Å². The molecule has 2 aliphatic rings. The van der Waals surface area contributed by atoms with Crippen LogP contribution in [0, 0.1) is 6.92 Å². The Kier molecular flexibility index (Phi) is 6.05. The van der Waals surface area contributed by atoms with Crippen molar-refractivity contribution in [2.45, 2.75) is 32.9 Å². The lowest BCUT2D eigenvalue weighted by atomic mass is 10.0. The quantitative estimate of drug-likeness (QED) is 0.580. The van der Waals surface area contributed by atoms with E-state index in [4.69, 9.17) is 9.26 Å². The second-order valence-corrected chi connectivity index (χ2v) is 8.92. The number of nitrogens with one attached hydrogen (secondary N) is 1. The van der Waals surface area contributed by atoms with Crippen molar-refractivity contribution >= 4 is 11.6 Å². The Morgan fingerprint density at radius 3 is 2.91 bits per heavy atom. The lowest BCUT2D eigenvalue weighted by Gasteiger charge is -2.41. The highest BCUT2D eigenvalue weighted by Crippen LogP contribution is 2.38.